The fraction of sp³-hybridized carbons (Fsp3) is 0.211. The Kier molecular flexibility index (Phi) is 5.28. The first-order valence-corrected chi connectivity index (χ1v) is 8.10. The van der Waals surface area contributed by atoms with E-state index in [0.717, 1.165) is 10.5 Å². The summed E-state index contributed by atoms with van der Waals surface area (Å²) in [5.74, 6) is -1.59. The van der Waals surface area contributed by atoms with Crippen molar-refractivity contribution in [2.45, 2.75) is 6.61 Å². The van der Waals surface area contributed by atoms with Gasteiger partial charge in [-0.2, -0.15) is 0 Å². The van der Waals surface area contributed by atoms with Crippen molar-refractivity contribution in [1.82, 2.24) is 4.90 Å². The molecule has 2 aromatic rings. The third-order valence-corrected chi connectivity index (χ3v) is 3.87. The van der Waals surface area contributed by atoms with Gasteiger partial charge in [-0.15, -0.1) is 0 Å². The zero-order chi connectivity index (χ0) is 18.5. The van der Waals surface area contributed by atoms with Gasteiger partial charge >= 0.3 is 0 Å². The Morgan fingerprint density at radius 1 is 0.962 bits per heavy atom. The molecule has 3 amide bonds. The van der Waals surface area contributed by atoms with Crippen LogP contribution in [-0.4, -0.2) is 42.4 Å². The highest BCUT2D eigenvalue weighted by molar-refractivity contribution is 6.23. The molecule has 7 heteroatoms. The van der Waals surface area contributed by atoms with E-state index in [0.29, 0.717) is 13.2 Å². The first-order chi connectivity index (χ1) is 12.6. The summed E-state index contributed by atoms with van der Waals surface area (Å²) in [5, 5.41) is 0. The molecular weight excluding hydrogens is 336 g/mol. The van der Waals surface area contributed by atoms with E-state index in [4.69, 9.17) is 15.2 Å². The molecule has 0 spiro atoms. The number of benzene rings is 2. The second kappa shape index (κ2) is 7.79. The summed E-state index contributed by atoms with van der Waals surface area (Å²) in [7, 11) is 0. The summed E-state index contributed by atoms with van der Waals surface area (Å²) in [6, 6.07) is 14.5. The van der Waals surface area contributed by atoms with Crippen LogP contribution in [0.2, 0.25) is 0 Å². The lowest BCUT2D eigenvalue weighted by atomic mass is 10.1. The van der Waals surface area contributed by atoms with Crippen molar-refractivity contribution in [2.75, 3.05) is 19.8 Å². The van der Waals surface area contributed by atoms with Crippen molar-refractivity contribution >= 4 is 17.7 Å². The Balaban J connectivity index is 1.60. The molecule has 1 aliphatic rings. The van der Waals surface area contributed by atoms with E-state index in [9.17, 15) is 14.4 Å². The second-order valence-electron chi connectivity index (χ2n) is 5.73. The fourth-order valence-corrected chi connectivity index (χ4v) is 2.70. The van der Waals surface area contributed by atoms with Crippen molar-refractivity contribution in [3.63, 3.8) is 0 Å². The highest BCUT2D eigenvalue weighted by Gasteiger charge is 2.38. The number of fused-ring (bicyclic) bond motifs is 1. The van der Waals surface area contributed by atoms with Crippen LogP contribution in [-0.2, 0) is 16.1 Å². The van der Waals surface area contributed by atoms with Crippen molar-refractivity contribution < 1.29 is 23.9 Å². The maximum absolute atomic E-state index is 12.4. The van der Waals surface area contributed by atoms with Crippen LogP contribution in [0, 0.1) is 0 Å². The molecule has 2 aromatic carbocycles. The fourth-order valence-electron chi connectivity index (χ4n) is 2.70. The number of nitrogens with two attached hydrogens (primary N) is 1. The Hall–Kier alpha value is -3.19. The van der Waals surface area contributed by atoms with Crippen LogP contribution in [0.5, 0.6) is 5.75 Å². The van der Waals surface area contributed by atoms with Crippen LogP contribution in [0.15, 0.2) is 48.5 Å². The molecular formula is C19H18N2O5. The largest absolute Gasteiger partial charge is 0.490 e. The summed E-state index contributed by atoms with van der Waals surface area (Å²) in [6.45, 7) is 0.555. The normalized spacial score (nSPS) is 13.0. The van der Waals surface area contributed by atoms with E-state index >= 15 is 0 Å². The molecule has 1 heterocycles. The Labute approximate surface area is 150 Å². The number of imide groups is 1. The van der Waals surface area contributed by atoms with E-state index in [2.05, 4.69) is 0 Å². The molecule has 1 aliphatic heterocycles. The zero-order valence-corrected chi connectivity index (χ0v) is 14.0. The summed E-state index contributed by atoms with van der Waals surface area (Å²) in [6.07, 6.45) is 0. The van der Waals surface area contributed by atoms with Gasteiger partial charge in [-0.05, 0) is 17.7 Å². The van der Waals surface area contributed by atoms with Gasteiger partial charge in [0.2, 0.25) is 5.91 Å². The van der Waals surface area contributed by atoms with Crippen molar-refractivity contribution in [3.05, 3.63) is 65.2 Å². The van der Waals surface area contributed by atoms with Gasteiger partial charge in [-0.3, -0.25) is 19.3 Å². The first kappa shape index (κ1) is 17.6. The SMILES string of the molecule is NC(=O)CN1C(=O)c2cccc(OCCOCc3ccccc3)c2C1=O. The molecule has 3 rings (SSSR count). The van der Waals surface area contributed by atoms with Crippen molar-refractivity contribution in [3.8, 4) is 5.75 Å². The lowest BCUT2D eigenvalue weighted by Crippen LogP contribution is -2.37. The number of carbonyl (C=O) groups excluding carboxylic acids is 3. The van der Waals surface area contributed by atoms with Gasteiger partial charge in [0.1, 0.15) is 18.9 Å². The lowest BCUT2D eigenvalue weighted by molar-refractivity contribution is -0.118. The average Bonchev–Trinajstić information content (AvgIpc) is 2.87. The maximum atomic E-state index is 12.4. The number of primary amides is 1. The molecule has 134 valence electrons. The minimum absolute atomic E-state index is 0.154. The van der Waals surface area contributed by atoms with E-state index in [1.165, 1.54) is 6.07 Å². The van der Waals surface area contributed by atoms with Crippen LogP contribution in [0.1, 0.15) is 26.3 Å². The van der Waals surface area contributed by atoms with Gasteiger partial charge in [0.05, 0.1) is 24.3 Å². The Morgan fingerprint density at radius 3 is 2.46 bits per heavy atom. The predicted octanol–water partition coefficient (Wildman–Crippen LogP) is 1.36. The topological polar surface area (TPSA) is 98.9 Å². The van der Waals surface area contributed by atoms with Gasteiger partial charge in [-0.25, -0.2) is 0 Å². The Morgan fingerprint density at radius 2 is 1.73 bits per heavy atom. The molecule has 0 aromatic heterocycles. The monoisotopic (exact) mass is 354 g/mol. The molecule has 0 unspecified atom stereocenters. The van der Waals surface area contributed by atoms with Gasteiger partial charge in [-0.1, -0.05) is 36.4 Å². The van der Waals surface area contributed by atoms with Gasteiger partial charge in [0.15, 0.2) is 0 Å². The molecule has 0 bridgehead atoms. The zero-order valence-electron chi connectivity index (χ0n) is 14.0. The Bertz CT molecular complexity index is 835. The van der Waals surface area contributed by atoms with Gasteiger partial charge in [0.25, 0.3) is 11.8 Å². The van der Waals surface area contributed by atoms with Crippen LogP contribution >= 0.6 is 0 Å². The highest BCUT2D eigenvalue weighted by Crippen LogP contribution is 2.30. The smallest absolute Gasteiger partial charge is 0.265 e. The molecule has 0 saturated heterocycles. The molecule has 26 heavy (non-hydrogen) atoms. The molecule has 0 fully saturated rings. The summed E-state index contributed by atoms with van der Waals surface area (Å²) >= 11 is 0. The summed E-state index contributed by atoms with van der Waals surface area (Å²) < 4.78 is 11.2. The number of rotatable bonds is 8. The van der Waals surface area contributed by atoms with Crippen LogP contribution in [0.3, 0.4) is 0 Å². The van der Waals surface area contributed by atoms with Crippen LogP contribution in [0.25, 0.3) is 0 Å². The number of carbonyl (C=O) groups is 3. The average molecular weight is 354 g/mol. The lowest BCUT2D eigenvalue weighted by Gasteiger charge is -2.11. The van der Waals surface area contributed by atoms with Crippen LogP contribution < -0.4 is 10.5 Å². The number of amides is 3. The highest BCUT2D eigenvalue weighted by atomic mass is 16.5. The number of hydrogen-bond acceptors (Lipinski definition) is 5. The van der Waals surface area contributed by atoms with Crippen LogP contribution in [0.4, 0.5) is 0 Å². The van der Waals surface area contributed by atoms with E-state index in [1.807, 2.05) is 30.3 Å². The number of hydrogen-bond donors (Lipinski definition) is 1. The second-order valence-corrected chi connectivity index (χ2v) is 5.73. The summed E-state index contributed by atoms with van der Waals surface area (Å²) in [5.41, 5.74) is 6.51. The van der Waals surface area contributed by atoms with Crippen molar-refractivity contribution in [1.29, 1.82) is 0 Å². The van der Waals surface area contributed by atoms with E-state index in [1.54, 1.807) is 12.1 Å². The summed E-state index contributed by atoms with van der Waals surface area (Å²) in [4.78, 5) is 36.6. The molecule has 0 aliphatic carbocycles. The third kappa shape index (κ3) is 3.73. The number of ether oxygens (including phenoxy) is 2. The molecule has 0 saturated carbocycles. The van der Waals surface area contributed by atoms with Gasteiger partial charge < -0.3 is 15.2 Å². The molecule has 2 N–H and O–H groups in total. The maximum Gasteiger partial charge on any atom is 0.265 e. The standard InChI is InChI=1S/C19H18N2O5/c20-16(22)11-21-18(23)14-7-4-8-15(17(14)19(21)24)26-10-9-25-12-13-5-2-1-3-6-13/h1-8H,9-12H2,(H2,20,22). The molecule has 0 atom stereocenters. The third-order valence-electron chi connectivity index (χ3n) is 3.87. The molecule has 7 nitrogen and oxygen atoms in total. The minimum atomic E-state index is -0.753. The quantitative estimate of drug-likeness (QED) is 0.570. The van der Waals surface area contributed by atoms with E-state index < -0.39 is 24.3 Å². The van der Waals surface area contributed by atoms with Gasteiger partial charge in [0, 0.05) is 0 Å². The molecule has 0 radical (unpaired) electrons. The van der Waals surface area contributed by atoms with E-state index in [-0.39, 0.29) is 23.5 Å². The predicted molar refractivity (Wildman–Crippen MR) is 92.6 cm³/mol. The minimum Gasteiger partial charge on any atom is -0.490 e. The van der Waals surface area contributed by atoms with Crippen molar-refractivity contribution in [2.24, 2.45) is 5.73 Å². The first-order valence-electron chi connectivity index (χ1n) is 8.10. The number of nitrogens with zero attached hydrogens (tertiary/aromatic N) is 1.